The fourth-order valence-corrected chi connectivity index (χ4v) is 7.22. The summed E-state index contributed by atoms with van der Waals surface area (Å²) in [6.45, 7) is 2.85. The molecule has 7 rings (SSSR count). The smallest absolute Gasteiger partial charge is 0 e. The molecule has 0 aliphatic heterocycles. The number of aryl methyl sites for hydroxylation is 3. The number of pyridine rings is 2. The Morgan fingerprint density at radius 1 is 0.930 bits per heavy atom. The van der Waals surface area contributed by atoms with Gasteiger partial charge in [0.05, 0.1) is 22.4 Å². The second kappa shape index (κ2) is 12.6. The molecule has 219 valence electrons. The van der Waals surface area contributed by atoms with E-state index in [9.17, 15) is 0 Å². The van der Waals surface area contributed by atoms with Gasteiger partial charge in [0.15, 0.2) is 0 Å². The Morgan fingerprint density at radius 2 is 1.77 bits per heavy atom. The molecule has 7 aromatic rings. The maximum absolute atomic E-state index is 7.35. The first kappa shape index (κ1) is 27.0. The minimum absolute atomic E-state index is 0. The third-order valence-corrected chi connectivity index (χ3v) is 11.6. The molecule has 0 atom stereocenters. The van der Waals surface area contributed by atoms with E-state index >= 15 is 0 Å². The van der Waals surface area contributed by atoms with E-state index in [2.05, 4.69) is 69.1 Å². The first-order chi connectivity index (χ1) is 21.4. The summed E-state index contributed by atoms with van der Waals surface area (Å²) in [5.41, 5.74) is 7.34. The van der Waals surface area contributed by atoms with Crippen LogP contribution in [-0.4, -0.2) is 32.8 Å². The molecule has 3 aromatic carbocycles. The van der Waals surface area contributed by atoms with Crippen LogP contribution in [0.15, 0.2) is 89.5 Å². The number of hydrogen-bond donors (Lipinski definition) is 0. The largest absolute Gasteiger partial charge is 0 e. The summed E-state index contributed by atoms with van der Waals surface area (Å²) in [6.07, 6.45) is 1.95. The van der Waals surface area contributed by atoms with E-state index in [1.54, 1.807) is 12.1 Å². The minimum Gasteiger partial charge on any atom is 0 e. The first-order valence-corrected chi connectivity index (χ1v) is 21.4. The molecule has 0 saturated heterocycles. The van der Waals surface area contributed by atoms with Crippen LogP contribution in [-0.2, 0) is 26.7 Å². The van der Waals surface area contributed by atoms with Crippen LogP contribution in [0, 0.1) is 25.9 Å². The van der Waals surface area contributed by atoms with Crippen molar-refractivity contribution in [3.63, 3.8) is 0 Å². The first-order valence-electron chi connectivity index (χ1n) is 15.6. The minimum atomic E-state index is -2.08. The Morgan fingerprint density at radius 3 is 2.47 bits per heavy atom. The summed E-state index contributed by atoms with van der Waals surface area (Å²) in [4.78, 5) is 13.9. The van der Waals surface area contributed by atoms with Gasteiger partial charge in [0.2, 0.25) is 5.71 Å². The Balaban J connectivity index is 0.000000182. The van der Waals surface area contributed by atoms with E-state index in [0.717, 1.165) is 62.3 Å². The molecule has 4 heterocycles. The average molecular weight is 807 g/mol. The van der Waals surface area contributed by atoms with E-state index in [0.29, 0.717) is 11.3 Å². The number of nitrogens with zero attached hydrogens (tertiary/aromatic N) is 4. The number of benzene rings is 3. The number of aromatic nitrogens is 4. The zero-order valence-corrected chi connectivity index (χ0v) is 29.3. The van der Waals surface area contributed by atoms with Crippen LogP contribution in [0.2, 0.25) is 17.3 Å². The second-order valence-corrected chi connectivity index (χ2v) is 22.0. The van der Waals surface area contributed by atoms with Gasteiger partial charge in [-0.25, -0.2) is 4.98 Å². The Kier molecular flexibility index (Phi) is 7.90. The number of para-hydroxylation sites is 2. The van der Waals surface area contributed by atoms with Crippen LogP contribution in [0.3, 0.4) is 0 Å². The van der Waals surface area contributed by atoms with Gasteiger partial charge in [-0.15, -0.1) is 18.2 Å². The van der Waals surface area contributed by atoms with Crippen LogP contribution in [0.5, 0.6) is 0 Å². The van der Waals surface area contributed by atoms with Crippen LogP contribution in [0.25, 0.3) is 55.7 Å². The van der Waals surface area contributed by atoms with Crippen molar-refractivity contribution in [3.8, 4) is 22.6 Å². The van der Waals surface area contributed by atoms with E-state index < -0.39 is 20.1 Å². The van der Waals surface area contributed by atoms with E-state index in [1.807, 2.05) is 55.6 Å². The van der Waals surface area contributed by atoms with Crippen molar-refractivity contribution in [1.82, 2.24) is 19.5 Å². The quantitative estimate of drug-likeness (QED) is 0.132. The molecule has 0 aliphatic carbocycles. The molecule has 0 N–H and O–H groups in total. The molecule has 4 aromatic heterocycles. The van der Waals surface area contributed by atoms with Crippen molar-refractivity contribution in [2.75, 3.05) is 0 Å². The van der Waals surface area contributed by atoms with Gasteiger partial charge in [-0.2, -0.15) is 0 Å². The van der Waals surface area contributed by atoms with Crippen LogP contribution in [0.4, 0.5) is 0 Å². The standard InChI is InChI=1S/C21H16N3O.C15H18GeN.Ir/c1-3-24-18-10-5-4-9-17(18)23-20(24)16-8-6-7-14-15-12-11-13(2)22-21(15)25-19(14)16;1-12-5-7-13(8-6-12)15-10-9-14(11-17-15)16(2,3)4;/h4-7,9-12H,3H2,1-2H3;5-7,9-11H,1-4H3;/q2*-1;/i;1D3;. The summed E-state index contributed by atoms with van der Waals surface area (Å²) in [7, 11) is 0. The molecule has 0 bridgehead atoms. The van der Waals surface area contributed by atoms with Gasteiger partial charge in [-0.05, 0) is 38.1 Å². The SMILES string of the molecule is CCn1c(-c2[c-]ccc3c2oc2nc(C)ccc23)nc2ccccc21.[2H]C([2H])([2H])c1c[c-]c(-c2cc[c]([Ge]([CH3])([CH3])[CH3])cn2)cc1.[Ir]. The van der Waals surface area contributed by atoms with E-state index in [4.69, 9.17) is 13.5 Å². The number of hydrogen-bond acceptors (Lipinski definition) is 4. The topological polar surface area (TPSA) is 56.7 Å². The van der Waals surface area contributed by atoms with Gasteiger partial charge >= 0.3 is 110 Å². The number of rotatable bonds is 4. The molecule has 0 spiro atoms. The molecule has 1 radical (unpaired) electrons. The molecule has 43 heavy (non-hydrogen) atoms. The number of fused-ring (bicyclic) bond motifs is 4. The van der Waals surface area contributed by atoms with Crippen molar-refractivity contribution in [1.29, 1.82) is 0 Å². The summed E-state index contributed by atoms with van der Waals surface area (Å²) in [5.74, 6) is 7.86. The Labute approximate surface area is 273 Å². The predicted octanol–water partition coefficient (Wildman–Crippen LogP) is 8.53. The van der Waals surface area contributed by atoms with Crippen LogP contribution in [0.1, 0.15) is 22.3 Å². The van der Waals surface area contributed by atoms with Gasteiger partial charge in [0, 0.05) is 37.7 Å². The molecule has 0 aliphatic rings. The van der Waals surface area contributed by atoms with E-state index in [1.165, 1.54) is 10.5 Å². The molecule has 0 fully saturated rings. The van der Waals surface area contributed by atoms with Crippen molar-refractivity contribution in [3.05, 3.63) is 108 Å². The van der Waals surface area contributed by atoms with Crippen molar-refractivity contribution in [2.45, 2.75) is 44.5 Å². The van der Waals surface area contributed by atoms with Gasteiger partial charge in [-0.1, -0.05) is 23.1 Å². The van der Waals surface area contributed by atoms with Crippen molar-refractivity contribution < 1.29 is 28.6 Å². The average Bonchev–Trinajstić information content (AvgIpc) is 3.58. The Bertz CT molecular complexity index is 2080. The fourth-order valence-electron chi connectivity index (χ4n) is 5.05. The monoisotopic (exact) mass is 808 g/mol. The summed E-state index contributed by atoms with van der Waals surface area (Å²) < 4.78 is 31.7. The second-order valence-electron chi connectivity index (χ2n) is 11.3. The van der Waals surface area contributed by atoms with Crippen molar-refractivity contribution >= 4 is 50.8 Å². The molecule has 0 unspecified atom stereocenters. The van der Waals surface area contributed by atoms with Crippen LogP contribution < -0.4 is 4.40 Å². The van der Waals surface area contributed by atoms with Gasteiger partial charge in [0.25, 0.3) is 0 Å². The molecule has 5 nitrogen and oxygen atoms in total. The zero-order valence-electron chi connectivity index (χ0n) is 27.8. The fraction of sp³-hybridized carbons (Fsp3) is 0.194. The van der Waals surface area contributed by atoms with Crippen molar-refractivity contribution in [2.24, 2.45) is 0 Å². The third kappa shape index (κ3) is 6.23. The normalized spacial score (nSPS) is 12.7. The predicted molar refractivity (Wildman–Crippen MR) is 176 cm³/mol. The summed E-state index contributed by atoms with van der Waals surface area (Å²) in [6, 6.07) is 31.6. The van der Waals surface area contributed by atoms with Crippen LogP contribution >= 0.6 is 0 Å². The molecular weight excluding hydrogens is 769 g/mol. The number of imidazole rings is 1. The molecular formula is C36H34GeIrN4O-2. The number of furan rings is 1. The maximum Gasteiger partial charge on any atom is 0 e. The van der Waals surface area contributed by atoms with Gasteiger partial charge < -0.3 is 8.98 Å². The molecule has 7 heteroatoms. The van der Waals surface area contributed by atoms with Gasteiger partial charge in [-0.3, -0.25) is 4.98 Å². The summed E-state index contributed by atoms with van der Waals surface area (Å²) >= 11 is -1.83. The third-order valence-electron chi connectivity index (χ3n) is 7.35. The van der Waals surface area contributed by atoms with E-state index in [-0.39, 0.29) is 20.1 Å². The summed E-state index contributed by atoms with van der Waals surface area (Å²) in [5, 5.41) is 2.07. The maximum atomic E-state index is 7.35. The Hall–Kier alpha value is -3.58. The zero-order chi connectivity index (χ0) is 31.9. The van der Waals surface area contributed by atoms with Gasteiger partial charge in [0.1, 0.15) is 0 Å². The molecule has 0 amide bonds. The molecule has 0 saturated carbocycles.